The molecule has 11 heteroatoms. The molecule has 3 N–H and O–H groups in total. The van der Waals surface area contributed by atoms with Crippen molar-refractivity contribution in [3.63, 3.8) is 0 Å². The highest BCUT2D eigenvalue weighted by Gasteiger charge is 2.38. The van der Waals surface area contributed by atoms with Crippen molar-refractivity contribution in [3.05, 3.63) is 76.9 Å². The Labute approximate surface area is 241 Å². The van der Waals surface area contributed by atoms with Gasteiger partial charge in [0.25, 0.3) is 0 Å². The third-order valence-electron chi connectivity index (χ3n) is 7.08. The summed E-state index contributed by atoms with van der Waals surface area (Å²) in [5.41, 5.74) is 6.75. The van der Waals surface area contributed by atoms with E-state index in [0.29, 0.717) is 18.1 Å². The molecule has 0 aromatic heterocycles. The van der Waals surface area contributed by atoms with Crippen molar-refractivity contribution in [2.45, 2.75) is 58.1 Å². The Balaban J connectivity index is 0.000000517. The first-order chi connectivity index (χ1) is 19.8. The Morgan fingerprint density at radius 3 is 2.24 bits per heavy atom. The Bertz CT molecular complexity index is 1430. The van der Waals surface area contributed by atoms with Gasteiger partial charge < -0.3 is 29.7 Å². The third-order valence-corrected chi connectivity index (χ3v) is 7.08. The SMILES string of the molecule is Cc1cc(OC2CNC2)cc(C)c1-c1cccc(COc2ccc3c(c2)O[C@@H](C)C3CC(=O)O)c1.O=C(O)C(F)(F)F. The smallest absolute Gasteiger partial charge is 0.490 e. The zero-order chi connectivity index (χ0) is 30.6. The van der Waals surface area contributed by atoms with Gasteiger partial charge in [-0.1, -0.05) is 24.3 Å². The Kier molecular flexibility index (Phi) is 9.30. The van der Waals surface area contributed by atoms with Gasteiger partial charge in [-0.2, -0.15) is 13.2 Å². The second-order valence-electron chi connectivity index (χ2n) is 10.3. The van der Waals surface area contributed by atoms with Crippen molar-refractivity contribution in [3.8, 4) is 28.4 Å². The molecule has 0 radical (unpaired) electrons. The molecule has 0 aliphatic carbocycles. The quantitative estimate of drug-likeness (QED) is 0.300. The van der Waals surface area contributed by atoms with Crippen LogP contribution >= 0.6 is 0 Å². The second kappa shape index (κ2) is 12.7. The van der Waals surface area contributed by atoms with Crippen LogP contribution in [0.3, 0.4) is 0 Å². The number of aliphatic carboxylic acids is 2. The highest BCUT2D eigenvalue weighted by Crippen LogP contribution is 2.42. The molecule has 2 aliphatic rings. The van der Waals surface area contributed by atoms with E-state index >= 15 is 0 Å². The average Bonchev–Trinajstić information content (AvgIpc) is 3.18. The molecule has 2 aliphatic heterocycles. The maximum Gasteiger partial charge on any atom is 0.490 e. The number of halogens is 3. The summed E-state index contributed by atoms with van der Waals surface area (Å²) < 4.78 is 49.8. The number of hydrogen-bond acceptors (Lipinski definition) is 6. The third kappa shape index (κ3) is 7.52. The first-order valence-electron chi connectivity index (χ1n) is 13.3. The van der Waals surface area contributed by atoms with E-state index in [0.717, 1.165) is 35.5 Å². The number of nitrogens with one attached hydrogen (secondary N) is 1. The molecule has 42 heavy (non-hydrogen) atoms. The number of ether oxygens (including phenoxy) is 3. The zero-order valence-corrected chi connectivity index (χ0v) is 23.3. The van der Waals surface area contributed by atoms with E-state index in [1.54, 1.807) is 0 Å². The minimum absolute atomic E-state index is 0.0604. The van der Waals surface area contributed by atoms with Crippen LogP contribution in [0.4, 0.5) is 13.2 Å². The molecule has 5 rings (SSSR count). The van der Waals surface area contributed by atoms with Crippen molar-refractivity contribution in [2.75, 3.05) is 13.1 Å². The van der Waals surface area contributed by atoms with Crippen LogP contribution in [-0.4, -0.2) is 53.6 Å². The van der Waals surface area contributed by atoms with Crippen LogP contribution in [0.15, 0.2) is 54.6 Å². The summed E-state index contributed by atoms with van der Waals surface area (Å²) in [6, 6.07) is 18.3. The van der Waals surface area contributed by atoms with Crippen molar-refractivity contribution in [1.82, 2.24) is 5.32 Å². The Morgan fingerprint density at radius 1 is 1.00 bits per heavy atom. The van der Waals surface area contributed by atoms with E-state index in [4.69, 9.17) is 24.1 Å². The van der Waals surface area contributed by atoms with Gasteiger partial charge >= 0.3 is 18.1 Å². The minimum atomic E-state index is -5.08. The topological polar surface area (TPSA) is 114 Å². The number of carbonyl (C=O) groups is 2. The highest BCUT2D eigenvalue weighted by atomic mass is 19.4. The van der Waals surface area contributed by atoms with Gasteiger partial charge in [0.2, 0.25) is 0 Å². The molecule has 0 amide bonds. The molecule has 224 valence electrons. The summed E-state index contributed by atoms with van der Waals surface area (Å²) in [5, 5.41) is 19.6. The summed E-state index contributed by atoms with van der Waals surface area (Å²) in [6.45, 7) is 8.39. The van der Waals surface area contributed by atoms with Crippen molar-refractivity contribution in [1.29, 1.82) is 0 Å². The average molecular weight is 588 g/mol. The van der Waals surface area contributed by atoms with Crippen LogP contribution in [0.1, 0.15) is 41.5 Å². The van der Waals surface area contributed by atoms with Gasteiger partial charge in [0.15, 0.2) is 0 Å². The number of benzene rings is 3. The number of rotatable bonds is 8. The molecule has 1 fully saturated rings. The van der Waals surface area contributed by atoms with Crippen molar-refractivity contribution in [2.24, 2.45) is 0 Å². The fourth-order valence-corrected chi connectivity index (χ4v) is 4.98. The van der Waals surface area contributed by atoms with Gasteiger partial charge in [-0.05, 0) is 72.9 Å². The second-order valence-corrected chi connectivity index (χ2v) is 10.3. The minimum Gasteiger partial charge on any atom is -0.490 e. The summed E-state index contributed by atoms with van der Waals surface area (Å²) in [4.78, 5) is 20.1. The van der Waals surface area contributed by atoms with Gasteiger partial charge in [-0.15, -0.1) is 0 Å². The lowest BCUT2D eigenvalue weighted by Crippen LogP contribution is -2.50. The van der Waals surface area contributed by atoms with E-state index in [1.807, 2.05) is 25.1 Å². The van der Waals surface area contributed by atoms with E-state index < -0.39 is 18.1 Å². The van der Waals surface area contributed by atoms with E-state index in [-0.39, 0.29) is 24.5 Å². The van der Waals surface area contributed by atoms with Crippen molar-refractivity contribution >= 4 is 11.9 Å². The molecule has 2 heterocycles. The molecule has 8 nitrogen and oxygen atoms in total. The normalized spacial score (nSPS) is 17.7. The molecule has 1 unspecified atom stereocenters. The first-order valence-corrected chi connectivity index (χ1v) is 13.3. The number of hydrogen-bond donors (Lipinski definition) is 3. The van der Waals surface area contributed by atoms with Gasteiger partial charge in [0.05, 0.1) is 6.42 Å². The number of carboxylic acids is 2. The summed E-state index contributed by atoms with van der Waals surface area (Å²) in [5.74, 6) is -1.37. The molecule has 0 saturated carbocycles. The van der Waals surface area contributed by atoms with Gasteiger partial charge in [-0.25, -0.2) is 4.79 Å². The summed E-state index contributed by atoms with van der Waals surface area (Å²) >= 11 is 0. The fraction of sp³-hybridized carbons (Fsp3) is 0.355. The van der Waals surface area contributed by atoms with E-state index in [9.17, 15) is 23.1 Å². The highest BCUT2D eigenvalue weighted by molar-refractivity contribution is 5.73. The lowest BCUT2D eigenvalue weighted by Gasteiger charge is -2.28. The zero-order valence-electron chi connectivity index (χ0n) is 23.3. The molecular formula is C31H32F3NO7. The maximum absolute atomic E-state index is 11.2. The molecular weight excluding hydrogens is 555 g/mol. The molecule has 2 atom stereocenters. The molecule has 0 bridgehead atoms. The first kappa shape index (κ1) is 30.7. The number of fused-ring (bicyclic) bond motifs is 1. The van der Waals surface area contributed by atoms with Crippen LogP contribution < -0.4 is 19.5 Å². The standard InChI is InChI=1S/C29H31NO5.C2HF3O2/c1-17-9-23(35-24-14-30-15-24)10-18(2)29(17)21-6-4-5-20(11-21)16-33-22-7-8-25-26(13-28(31)32)19(3)34-27(25)12-22;3-2(4,5)1(6)7/h4-12,19,24,26,30H,13-16H2,1-3H3,(H,31,32);(H,6,7)/t19-,26?;/m0./s1. The number of aryl methyl sites for hydroxylation is 2. The Morgan fingerprint density at radius 2 is 1.67 bits per heavy atom. The van der Waals surface area contributed by atoms with Crippen LogP contribution in [0.5, 0.6) is 17.2 Å². The lowest BCUT2D eigenvalue weighted by atomic mass is 9.93. The molecule has 0 spiro atoms. The molecule has 1 saturated heterocycles. The van der Waals surface area contributed by atoms with Crippen molar-refractivity contribution < 1.29 is 47.2 Å². The predicted molar refractivity (Wildman–Crippen MR) is 148 cm³/mol. The van der Waals surface area contributed by atoms with Gasteiger partial charge in [0, 0.05) is 30.6 Å². The lowest BCUT2D eigenvalue weighted by molar-refractivity contribution is -0.192. The molecule has 3 aromatic carbocycles. The monoisotopic (exact) mass is 587 g/mol. The van der Waals surface area contributed by atoms with Gasteiger partial charge in [0.1, 0.15) is 36.1 Å². The van der Waals surface area contributed by atoms with Crippen LogP contribution in [0.2, 0.25) is 0 Å². The molecule has 3 aromatic rings. The fourth-order valence-electron chi connectivity index (χ4n) is 4.98. The van der Waals surface area contributed by atoms with Crippen LogP contribution in [0, 0.1) is 13.8 Å². The van der Waals surface area contributed by atoms with Gasteiger partial charge in [-0.3, -0.25) is 4.79 Å². The number of carboxylic acid groups (broad SMARTS) is 2. The summed E-state index contributed by atoms with van der Waals surface area (Å²) in [7, 11) is 0. The maximum atomic E-state index is 11.2. The van der Waals surface area contributed by atoms with E-state index in [1.165, 1.54) is 16.7 Å². The predicted octanol–water partition coefficient (Wildman–Crippen LogP) is 5.87. The van der Waals surface area contributed by atoms with E-state index in [2.05, 4.69) is 55.6 Å². The van der Waals surface area contributed by atoms with Crippen LogP contribution in [0.25, 0.3) is 11.1 Å². The number of alkyl halides is 3. The summed E-state index contributed by atoms with van der Waals surface area (Å²) in [6.07, 6.45) is -4.93. The Hall–Kier alpha value is -4.25. The van der Waals surface area contributed by atoms with Crippen LogP contribution in [-0.2, 0) is 16.2 Å². The largest absolute Gasteiger partial charge is 0.490 e.